The van der Waals surface area contributed by atoms with Crippen molar-refractivity contribution in [3.63, 3.8) is 0 Å². The summed E-state index contributed by atoms with van der Waals surface area (Å²) < 4.78 is 10.6. The molecule has 0 aromatic heterocycles. The SMILES string of the molecule is COc1ccc(OCC(O)CNCC2CCSC2)cc1. The second kappa shape index (κ2) is 8.39. The lowest BCUT2D eigenvalue weighted by molar-refractivity contribution is 0.105. The van der Waals surface area contributed by atoms with E-state index in [0.29, 0.717) is 13.2 Å². The summed E-state index contributed by atoms with van der Waals surface area (Å²) in [5.74, 6) is 4.82. The Morgan fingerprint density at radius 3 is 2.75 bits per heavy atom. The zero-order valence-electron chi connectivity index (χ0n) is 11.9. The molecule has 4 nitrogen and oxygen atoms in total. The first kappa shape index (κ1) is 15.5. The van der Waals surface area contributed by atoms with Crippen molar-refractivity contribution in [3.05, 3.63) is 24.3 Å². The Labute approximate surface area is 124 Å². The van der Waals surface area contributed by atoms with E-state index in [2.05, 4.69) is 5.32 Å². The molecule has 0 saturated carbocycles. The van der Waals surface area contributed by atoms with Gasteiger partial charge in [0.15, 0.2) is 0 Å². The van der Waals surface area contributed by atoms with Crippen LogP contribution < -0.4 is 14.8 Å². The van der Waals surface area contributed by atoms with Gasteiger partial charge in [-0.2, -0.15) is 11.8 Å². The molecule has 1 aromatic carbocycles. The fraction of sp³-hybridized carbons (Fsp3) is 0.600. The number of rotatable bonds is 8. The van der Waals surface area contributed by atoms with Gasteiger partial charge in [0.05, 0.1) is 7.11 Å². The predicted molar refractivity (Wildman–Crippen MR) is 82.8 cm³/mol. The fourth-order valence-electron chi connectivity index (χ4n) is 2.12. The molecule has 1 aromatic rings. The highest BCUT2D eigenvalue weighted by Gasteiger charge is 2.15. The zero-order valence-corrected chi connectivity index (χ0v) is 12.7. The molecule has 0 spiro atoms. The Morgan fingerprint density at radius 1 is 1.35 bits per heavy atom. The summed E-state index contributed by atoms with van der Waals surface area (Å²) in [5.41, 5.74) is 0. The Balaban J connectivity index is 1.59. The molecule has 5 heteroatoms. The number of aliphatic hydroxyl groups excluding tert-OH is 1. The van der Waals surface area contributed by atoms with Gasteiger partial charge in [0.25, 0.3) is 0 Å². The van der Waals surface area contributed by atoms with Crippen LogP contribution in [-0.4, -0.2) is 49.5 Å². The van der Waals surface area contributed by atoms with Gasteiger partial charge in [-0.15, -0.1) is 0 Å². The molecule has 0 radical (unpaired) electrons. The first-order valence-electron chi connectivity index (χ1n) is 7.01. The van der Waals surface area contributed by atoms with Crippen LogP contribution in [0, 0.1) is 5.92 Å². The fourth-order valence-corrected chi connectivity index (χ4v) is 3.41. The van der Waals surface area contributed by atoms with E-state index in [1.807, 2.05) is 36.0 Å². The van der Waals surface area contributed by atoms with Crippen LogP contribution in [-0.2, 0) is 0 Å². The van der Waals surface area contributed by atoms with Gasteiger partial charge in [-0.25, -0.2) is 0 Å². The summed E-state index contributed by atoms with van der Waals surface area (Å²) in [4.78, 5) is 0. The number of hydrogen-bond acceptors (Lipinski definition) is 5. The lowest BCUT2D eigenvalue weighted by atomic mass is 10.1. The Morgan fingerprint density at radius 2 is 2.10 bits per heavy atom. The molecule has 1 saturated heterocycles. The second-order valence-corrected chi connectivity index (χ2v) is 6.18. The molecule has 1 heterocycles. The van der Waals surface area contributed by atoms with E-state index in [0.717, 1.165) is 24.0 Å². The number of hydrogen-bond donors (Lipinski definition) is 2. The van der Waals surface area contributed by atoms with Crippen LogP contribution in [0.25, 0.3) is 0 Å². The van der Waals surface area contributed by atoms with Crippen LogP contribution in [0.5, 0.6) is 11.5 Å². The average Bonchev–Trinajstić information content (AvgIpc) is 2.99. The van der Waals surface area contributed by atoms with Gasteiger partial charge in [-0.05, 0) is 54.7 Å². The largest absolute Gasteiger partial charge is 0.497 e. The lowest BCUT2D eigenvalue weighted by Crippen LogP contribution is -2.34. The third-order valence-corrected chi connectivity index (χ3v) is 4.57. The zero-order chi connectivity index (χ0) is 14.2. The van der Waals surface area contributed by atoms with Crippen molar-refractivity contribution < 1.29 is 14.6 Å². The molecule has 20 heavy (non-hydrogen) atoms. The van der Waals surface area contributed by atoms with Crippen molar-refractivity contribution in [1.29, 1.82) is 0 Å². The third kappa shape index (κ3) is 5.23. The predicted octanol–water partition coefficient (Wildman–Crippen LogP) is 1.78. The molecule has 0 amide bonds. The molecular formula is C15H23NO3S. The van der Waals surface area contributed by atoms with Gasteiger partial charge < -0.3 is 19.9 Å². The van der Waals surface area contributed by atoms with Crippen LogP contribution in [0.2, 0.25) is 0 Å². The van der Waals surface area contributed by atoms with Crippen molar-refractivity contribution in [2.24, 2.45) is 5.92 Å². The lowest BCUT2D eigenvalue weighted by Gasteiger charge is -2.15. The molecule has 1 aliphatic heterocycles. The molecule has 2 atom stereocenters. The average molecular weight is 297 g/mol. The van der Waals surface area contributed by atoms with Crippen molar-refractivity contribution in [3.8, 4) is 11.5 Å². The summed E-state index contributed by atoms with van der Waals surface area (Å²) >= 11 is 2.01. The maximum atomic E-state index is 9.87. The van der Waals surface area contributed by atoms with Crippen molar-refractivity contribution in [2.75, 3.05) is 38.3 Å². The molecule has 1 fully saturated rings. The second-order valence-electron chi connectivity index (χ2n) is 5.03. The van der Waals surface area contributed by atoms with Crippen LogP contribution in [0.4, 0.5) is 0 Å². The molecule has 2 N–H and O–H groups in total. The van der Waals surface area contributed by atoms with E-state index in [9.17, 15) is 5.11 Å². The normalized spacial score (nSPS) is 19.8. The first-order valence-corrected chi connectivity index (χ1v) is 8.17. The van der Waals surface area contributed by atoms with Gasteiger partial charge >= 0.3 is 0 Å². The molecule has 2 unspecified atom stereocenters. The molecule has 1 aliphatic rings. The molecule has 0 aliphatic carbocycles. The van der Waals surface area contributed by atoms with Crippen molar-refractivity contribution >= 4 is 11.8 Å². The molecule has 0 bridgehead atoms. The highest BCUT2D eigenvalue weighted by atomic mass is 32.2. The van der Waals surface area contributed by atoms with Gasteiger partial charge in [-0.3, -0.25) is 0 Å². The molecule has 112 valence electrons. The maximum absolute atomic E-state index is 9.87. The van der Waals surface area contributed by atoms with E-state index in [1.165, 1.54) is 17.9 Å². The number of methoxy groups -OCH3 is 1. The highest BCUT2D eigenvalue weighted by molar-refractivity contribution is 7.99. The summed E-state index contributed by atoms with van der Waals surface area (Å²) in [7, 11) is 1.63. The minimum atomic E-state index is -0.480. The summed E-state index contributed by atoms with van der Waals surface area (Å²) in [5, 5.41) is 13.2. The number of benzene rings is 1. The minimum Gasteiger partial charge on any atom is -0.497 e. The third-order valence-electron chi connectivity index (χ3n) is 3.34. The van der Waals surface area contributed by atoms with E-state index >= 15 is 0 Å². The molecular weight excluding hydrogens is 274 g/mol. The van der Waals surface area contributed by atoms with Gasteiger partial charge in [0, 0.05) is 6.54 Å². The number of thioether (sulfide) groups is 1. The monoisotopic (exact) mass is 297 g/mol. The standard InChI is InChI=1S/C15H23NO3S/c1-18-14-2-4-15(5-3-14)19-10-13(17)9-16-8-12-6-7-20-11-12/h2-5,12-13,16-17H,6-11H2,1H3. The Bertz CT molecular complexity index is 379. The van der Waals surface area contributed by atoms with E-state index in [4.69, 9.17) is 9.47 Å². The maximum Gasteiger partial charge on any atom is 0.119 e. The van der Waals surface area contributed by atoms with Crippen molar-refractivity contribution in [1.82, 2.24) is 5.32 Å². The van der Waals surface area contributed by atoms with E-state index in [-0.39, 0.29) is 0 Å². The van der Waals surface area contributed by atoms with Crippen LogP contribution in [0.15, 0.2) is 24.3 Å². The van der Waals surface area contributed by atoms with Gasteiger partial charge in [-0.1, -0.05) is 0 Å². The van der Waals surface area contributed by atoms with E-state index in [1.54, 1.807) is 7.11 Å². The van der Waals surface area contributed by atoms with Crippen LogP contribution in [0.3, 0.4) is 0 Å². The first-order chi connectivity index (χ1) is 9.78. The summed E-state index contributed by atoms with van der Waals surface area (Å²) in [6.45, 7) is 1.88. The number of ether oxygens (including phenoxy) is 2. The Hall–Kier alpha value is -0.910. The van der Waals surface area contributed by atoms with Crippen molar-refractivity contribution in [2.45, 2.75) is 12.5 Å². The van der Waals surface area contributed by atoms with Gasteiger partial charge in [0.2, 0.25) is 0 Å². The summed E-state index contributed by atoms with van der Waals surface area (Å²) in [6.07, 6.45) is 0.807. The van der Waals surface area contributed by atoms with Gasteiger partial charge in [0.1, 0.15) is 24.2 Å². The highest BCUT2D eigenvalue weighted by Crippen LogP contribution is 2.22. The van der Waals surface area contributed by atoms with E-state index < -0.39 is 6.10 Å². The molecule has 2 rings (SSSR count). The Kier molecular flexibility index (Phi) is 6.50. The smallest absolute Gasteiger partial charge is 0.119 e. The van der Waals surface area contributed by atoms with Crippen LogP contribution in [0.1, 0.15) is 6.42 Å². The number of nitrogens with one attached hydrogen (secondary N) is 1. The number of aliphatic hydroxyl groups is 1. The van der Waals surface area contributed by atoms with Crippen LogP contribution >= 0.6 is 11.8 Å². The topological polar surface area (TPSA) is 50.7 Å². The summed E-state index contributed by atoms with van der Waals surface area (Å²) in [6, 6.07) is 7.37. The minimum absolute atomic E-state index is 0.304. The quantitative estimate of drug-likeness (QED) is 0.766.